The molecule has 0 fully saturated rings. The molecule has 0 atom stereocenters. The third-order valence-electron chi connectivity index (χ3n) is 5.93. The number of hydrogen-bond donors (Lipinski definition) is 0. The summed E-state index contributed by atoms with van der Waals surface area (Å²) in [5, 5.41) is 3.81. The van der Waals surface area contributed by atoms with Gasteiger partial charge in [0, 0.05) is 21.9 Å². The normalized spacial score (nSPS) is 12.1. The Morgan fingerprint density at radius 1 is 0.744 bits per heavy atom. The van der Waals surface area contributed by atoms with Gasteiger partial charge in [-0.3, -0.25) is 0 Å². The van der Waals surface area contributed by atoms with Crippen LogP contribution in [0, 0.1) is 0 Å². The second kappa shape index (κ2) is 13.4. The average Bonchev–Trinajstić information content (AvgIpc) is 3.71. The Hall–Kier alpha value is -3.48. The molecule has 3 heterocycles. The summed E-state index contributed by atoms with van der Waals surface area (Å²) in [6.07, 6.45) is -8.78. The summed E-state index contributed by atoms with van der Waals surface area (Å²) in [6, 6.07) is 20.1. The number of thiophene rings is 2. The fourth-order valence-corrected chi connectivity index (χ4v) is 5.85. The number of hydrogen-bond acceptors (Lipinski definition) is 6. The first kappa shape index (κ1) is 32.4. The average molecular weight is 639 g/mol. The van der Waals surface area contributed by atoms with Gasteiger partial charge >= 0.3 is 12.4 Å². The van der Waals surface area contributed by atoms with Crippen molar-refractivity contribution < 1.29 is 35.6 Å². The maximum Gasteiger partial charge on any atom is 0.426 e. The zero-order valence-electron chi connectivity index (χ0n) is 23.6. The van der Waals surface area contributed by atoms with Crippen LogP contribution >= 0.6 is 22.7 Å². The van der Waals surface area contributed by atoms with Crippen molar-refractivity contribution in [1.29, 1.82) is 0 Å². The van der Waals surface area contributed by atoms with E-state index in [1.54, 1.807) is 66.7 Å². The van der Waals surface area contributed by atoms with Crippen LogP contribution in [0.1, 0.15) is 54.1 Å². The molecule has 43 heavy (non-hydrogen) atoms. The number of aromatic nitrogens is 2. The Bertz CT molecular complexity index is 1600. The van der Waals surface area contributed by atoms with Crippen molar-refractivity contribution in [3.8, 4) is 33.0 Å². The van der Waals surface area contributed by atoms with E-state index in [0.29, 0.717) is 38.0 Å². The number of halogens is 6. The van der Waals surface area contributed by atoms with Crippen LogP contribution in [0.15, 0.2) is 77.3 Å². The molecule has 0 spiro atoms. The van der Waals surface area contributed by atoms with Gasteiger partial charge in [-0.1, -0.05) is 79.7 Å². The summed E-state index contributed by atoms with van der Waals surface area (Å²) < 4.78 is 89.9. The topological polar surface area (TPSA) is 48.2 Å². The number of rotatable bonds is 7. The molecule has 3 aromatic heterocycles. The lowest BCUT2D eigenvalue weighted by molar-refractivity contribution is -0.134. The Morgan fingerprint density at radius 3 is 1.72 bits per heavy atom. The molecule has 12 heteroatoms. The predicted molar refractivity (Wildman–Crippen MR) is 157 cm³/mol. The fourth-order valence-electron chi connectivity index (χ4n) is 3.91. The Morgan fingerprint density at radius 2 is 1.26 bits per heavy atom. The molecule has 2 aromatic carbocycles. The highest BCUT2D eigenvalue weighted by Crippen LogP contribution is 2.46. The van der Waals surface area contributed by atoms with E-state index >= 15 is 0 Å². The summed E-state index contributed by atoms with van der Waals surface area (Å²) >= 11 is 1.37. The Kier molecular flexibility index (Phi) is 10.1. The van der Waals surface area contributed by atoms with E-state index in [9.17, 15) is 26.3 Å². The van der Waals surface area contributed by atoms with Crippen molar-refractivity contribution in [3.63, 3.8) is 0 Å². The molecule has 0 saturated heterocycles. The summed E-state index contributed by atoms with van der Waals surface area (Å²) in [5.74, 6) is 0.637. The molecule has 0 saturated carbocycles. The van der Waals surface area contributed by atoms with Gasteiger partial charge in [0.05, 0.1) is 17.6 Å². The molecule has 0 bridgehead atoms. The van der Waals surface area contributed by atoms with E-state index in [1.165, 1.54) is 6.07 Å². The molecule has 4 nitrogen and oxygen atoms in total. The highest BCUT2D eigenvalue weighted by molar-refractivity contribution is 7.16. The molecule has 0 unspecified atom stereocenters. The lowest BCUT2D eigenvalue weighted by Gasteiger charge is -2.07. The lowest BCUT2D eigenvalue weighted by atomic mass is 10.1. The van der Waals surface area contributed by atoms with Crippen molar-refractivity contribution in [2.45, 2.75) is 58.7 Å². The highest BCUT2D eigenvalue weighted by Gasteiger charge is 2.38. The highest BCUT2D eigenvalue weighted by atomic mass is 32.1. The van der Waals surface area contributed by atoms with Gasteiger partial charge in [-0.2, -0.15) is 31.3 Å². The minimum atomic E-state index is -4.44. The van der Waals surface area contributed by atoms with E-state index < -0.39 is 22.1 Å². The fraction of sp³-hybridized carbons (Fsp3) is 0.290. The maximum atomic E-state index is 13.3. The summed E-state index contributed by atoms with van der Waals surface area (Å²) in [7, 11) is 0. The van der Waals surface area contributed by atoms with Crippen molar-refractivity contribution in [3.05, 3.63) is 93.3 Å². The molecular formula is C31H28F6N2O2S2. The van der Waals surface area contributed by atoms with Gasteiger partial charge in [-0.15, -0.1) is 22.7 Å². The first-order valence-electron chi connectivity index (χ1n) is 13.2. The quantitative estimate of drug-likeness (QED) is 0.166. The number of nitrogens with zero attached hydrogens (tertiary/aromatic N) is 2. The molecule has 0 aliphatic heterocycles. The van der Waals surface area contributed by atoms with Crippen molar-refractivity contribution in [2.75, 3.05) is 0 Å². The van der Waals surface area contributed by atoms with Gasteiger partial charge in [0.2, 0.25) is 0 Å². The molecule has 0 aliphatic carbocycles. The Labute approximate surface area is 253 Å². The Balaban J connectivity index is 0.000000199. The summed E-state index contributed by atoms with van der Waals surface area (Å²) in [6.45, 7) is 7.70. The second-order valence-corrected chi connectivity index (χ2v) is 12.2. The van der Waals surface area contributed by atoms with Crippen molar-refractivity contribution in [1.82, 2.24) is 10.1 Å². The van der Waals surface area contributed by atoms with E-state index in [2.05, 4.69) is 10.1 Å². The number of benzene rings is 2. The van der Waals surface area contributed by atoms with E-state index in [0.717, 1.165) is 11.3 Å². The van der Waals surface area contributed by atoms with Crippen LogP contribution in [0.5, 0.6) is 0 Å². The van der Waals surface area contributed by atoms with E-state index in [1.807, 2.05) is 27.7 Å². The first-order valence-corrected chi connectivity index (χ1v) is 14.8. The second-order valence-electron chi connectivity index (χ2n) is 10.0. The lowest BCUT2D eigenvalue weighted by Crippen LogP contribution is -2.03. The number of ether oxygens (including phenoxy) is 1. The van der Waals surface area contributed by atoms with Gasteiger partial charge in [-0.25, -0.2) is 0 Å². The number of alkyl halides is 6. The van der Waals surface area contributed by atoms with E-state index in [-0.39, 0.29) is 35.6 Å². The molecule has 5 rings (SSSR count). The third kappa shape index (κ3) is 8.33. The monoisotopic (exact) mass is 638 g/mol. The van der Waals surface area contributed by atoms with Crippen LogP contribution in [0.3, 0.4) is 0 Å². The van der Waals surface area contributed by atoms with Gasteiger partial charge in [-0.05, 0) is 37.1 Å². The van der Waals surface area contributed by atoms with Crippen LogP contribution < -0.4 is 0 Å². The van der Waals surface area contributed by atoms with Gasteiger partial charge in [0.25, 0.3) is 5.89 Å². The van der Waals surface area contributed by atoms with Crippen molar-refractivity contribution in [2.24, 2.45) is 0 Å². The predicted octanol–water partition coefficient (Wildman–Crippen LogP) is 11.0. The molecule has 0 aliphatic rings. The molecule has 228 valence electrons. The third-order valence-corrected chi connectivity index (χ3v) is 8.25. The van der Waals surface area contributed by atoms with Gasteiger partial charge in [0.15, 0.2) is 5.82 Å². The summed E-state index contributed by atoms with van der Waals surface area (Å²) in [5.41, 5.74) is 1.44. The van der Waals surface area contributed by atoms with Crippen LogP contribution in [0.2, 0.25) is 0 Å². The SMILES string of the molecule is CC(C)OCc1cc(-c2ccccc2)c(C(F)(F)F)s1.CC(C)c1noc(-c2cc(-c3ccccc3)c(C(F)(F)F)s2)n1. The summed E-state index contributed by atoms with van der Waals surface area (Å²) in [4.78, 5) is 3.85. The smallest absolute Gasteiger partial charge is 0.373 e. The molecule has 0 N–H and O–H groups in total. The maximum absolute atomic E-state index is 13.3. The van der Waals surface area contributed by atoms with Crippen LogP contribution in [-0.2, 0) is 23.7 Å². The van der Waals surface area contributed by atoms with Crippen LogP contribution in [-0.4, -0.2) is 16.2 Å². The standard InChI is InChI=1S/C16H13F3N2OS.C15H15F3OS/c1-9(2)14-20-15(22-21-14)12-8-11(10-6-4-3-5-7-10)13(23-12)16(17,18)19;1-10(2)19-9-12-8-13(11-6-4-3-5-7-11)14(20-12)15(16,17)18/h3-9H,1-2H3;3-8,10H,9H2,1-2H3. The van der Waals surface area contributed by atoms with Gasteiger partial charge < -0.3 is 9.26 Å². The van der Waals surface area contributed by atoms with E-state index in [4.69, 9.17) is 9.26 Å². The zero-order chi connectivity index (χ0) is 31.4. The molecular weight excluding hydrogens is 610 g/mol. The minimum Gasteiger partial charge on any atom is -0.373 e. The van der Waals surface area contributed by atoms with Crippen LogP contribution in [0.4, 0.5) is 26.3 Å². The molecule has 5 aromatic rings. The van der Waals surface area contributed by atoms with Gasteiger partial charge in [0.1, 0.15) is 9.75 Å². The first-order chi connectivity index (χ1) is 20.2. The minimum absolute atomic E-state index is 0.00777. The van der Waals surface area contributed by atoms with Crippen molar-refractivity contribution >= 4 is 22.7 Å². The molecule has 0 amide bonds. The molecule has 0 radical (unpaired) electrons. The van der Waals surface area contributed by atoms with Crippen LogP contribution in [0.25, 0.3) is 33.0 Å². The largest absolute Gasteiger partial charge is 0.426 e. The zero-order valence-corrected chi connectivity index (χ0v) is 25.2.